The molecule has 8 heteroatoms. The summed E-state index contributed by atoms with van der Waals surface area (Å²) >= 11 is 0. The first-order valence-electron chi connectivity index (χ1n) is 7.12. The van der Waals surface area contributed by atoms with Crippen molar-refractivity contribution >= 4 is 17.3 Å². The van der Waals surface area contributed by atoms with Crippen molar-refractivity contribution in [1.82, 2.24) is 0 Å². The number of H-pyrrole nitrogens is 1. The van der Waals surface area contributed by atoms with E-state index in [0.717, 1.165) is 18.9 Å². The number of anilines is 2. The smallest absolute Gasteiger partial charge is 0.341 e. The first-order chi connectivity index (χ1) is 10.3. The van der Waals surface area contributed by atoms with Gasteiger partial charge in [-0.05, 0) is 0 Å². The Kier molecular flexibility index (Phi) is 4.16. The largest absolute Gasteiger partial charge is 0.375 e. The Morgan fingerprint density at radius 2 is 1.57 bits per heavy atom. The van der Waals surface area contributed by atoms with E-state index in [1.165, 1.54) is 0 Å². The average molecular weight is 295 g/mol. The van der Waals surface area contributed by atoms with Crippen molar-refractivity contribution in [2.24, 2.45) is 0 Å². The quantitative estimate of drug-likeness (QED) is 0.580. The highest BCUT2D eigenvalue weighted by Crippen LogP contribution is 2.26. The molecular formula is C13H19N4O4+. The molecule has 2 saturated heterocycles. The molecule has 0 bridgehead atoms. The molecule has 1 N–H and O–H groups in total. The van der Waals surface area contributed by atoms with Gasteiger partial charge in [0, 0.05) is 12.1 Å². The average Bonchev–Trinajstić information content (AvgIpc) is 2.56. The molecule has 2 aliphatic heterocycles. The van der Waals surface area contributed by atoms with Crippen LogP contribution < -0.4 is 14.8 Å². The van der Waals surface area contributed by atoms with E-state index in [-0.39, 0.29) is 10.6 Å². The second kappa shape index (κ2) is 6.23. The summed E-state index contributed by atoms with van der Waals surface area (Å²) in [5, 5.41) is 11.2. The molecule has 1 aromatic rings. The Morgan fingerprint density at radius 3 is 2.14 bits per heavy atom. The fraction of sp³-hybridized carbons (Fsp3) is 0.615. The van der Waals surface area contributed by atoms with E-state index in [1.54, 1.807) is 12.1 Å². The zero-order valence-corrected chi connectivity index (χ0v) is 11.8. The van der Waals surface area contributed by atoms with Crippen molar-refractivity contribution in [2.75, 3.05) is 62.4 Å². The number of nitrogens with one attached hydrogen (secondary N) is 1. The van der Waals surface area contributed by atoms with Gasteiger partial charge in [-0.15, -0.1) is 0 Å². The van der Waals surface area contributed by atoms with Gasteiger partial charge in [-0.3, -0.25) is 19.9 Å². The summed E-state index contributed by atoms with van der Waals surface area (Å²) in [6, 6.07) is 3.35. The van der Waals surface area contributed by atoms with Crippen LogP contribution in [0, 0.1) is 10.1 Å². The van der Waals surface area contributed by atoms with Gasteiger partial charge in [0.05, 0.1) is 57.5 Å². The number of aromatic nitrogens is 1. The summed E-state index contributed by atoms with van der Waals surface area (Å²) in [5.74, 6) is 1.46. The van der Waals surface area contributed by atoms with Crippen LogP contribution in [-0.4, -0.2) is 57.5 Å². The van der Waals surface area contributed by atoms with Gasteiger partial charge >= 0.3 is 11.5 Å². The number of nitro groups is 1. The van der Waals surface area contributed by atoms with Crippen LogP contribution in [0.1, 0.15) is 0 Å². The molecule has 2 fully saturated rings. The van der Waals surface area contributed by atoms with E-state index in [1.807, 2.05) is 4.90 Å². The highest BCUT2D eigenvalue weighted by molar-refractivity contribution is 5.56. The zero-order chi connectivity index (χ0) is 14.7. The normalized spacial score (nSPS) is 19.6. The van der Waals surface area contributed by atoms with Crippen molar-refractivity contribution in [3.05, 3.63) is 22.2 Å². The Morgan fingerprint density at radius 1 is 1.00 bits per heavy atom. The Balaban J connectivity index is 1.91. The van der Waals surface area contributed by atoms with Crippen LogP contribution in [0.4, 0.5) is 17.3 Å². The van der Waals surface area contributed by atoms with Crippen LogP contribution in [0.5, 0.6) is 0 Å². The van der Waals surface area contributed by atoms with Gasteiger partial charge in [0.25, 0.3) is 0 Å². The lowest BCUT2D eigenvalue weighted by Crippen LogP contribution is -2.43. The lowest BCUT2D eigenvalue weighted by Gasteiger charge is -2.26. The number of rotatable bonds is 3. The Labute approximate surface area is 122 Å². The molecule has 1 aromatic heterocycles. The van der Waals surface area contributed by atoms with Crippen LogP contribution in [0.2, 0.25) is 0 Å². The number of hydrogen-bond acceptors (Lipinski definition) is 6. The summed E-state index contributed by atoms with van der Waals surface area (Å²) in [5.41, 5.74) is 0.105. The van der Waals surface area contributed by atoms with E-state index < -0.39 is 0 Å². The molecule has 0 atom stereocenters. The van der Waals surface area contributed by atoms with Crippen LogP contribution in [0.15, 0.2) is 12.1 Å². The van der Waals surface area contributed by atoms with Crippen LogP contribution >= 0.6 is 0 Å². The summed E-state index contributed by atoms with van der Waals surface area (Å²) in [6.45, 7) is 5.43. The molecule has 0 aromatic carbocycles. The minimum atomic E-state index is -0.343. The van der Waals surface area contributed by atoms with Crippen molar-refractivity contribution in [1.29, 1.82) is 0 Å². The number of nitrogens with zero attached hydrogens (tertiary/aromatic N) is 3. The Hall–Kier alpha value is -1.93. The minimum absolute atomic E-state index is 0.105. The Bertz CT molecular complexity index is 513. The third kappa shape index (κ3) is 3.06. The number of morpholine rings is 2. The van der Waals surface area contributed by atoms with E-state index in [4.69, 9.17) is 9.47 Å². The summed E-state index contributed by atoms with van der Waals surface area (Å²) in [6.07, 6.45) is 0. The first kappa shape index (κ1) is 14.0. The monoisotopic (exact) mass is 295 g/mol. The van der Waals surface area contributed by atoms with Gasteiger partial charge in [0.15, 0.2) is 0 Å². The van der Waals surface area contributed by atoms with Crippen LogP contribution in [-0.2, 0) is 9.47 Å². The molecule has 8 nitrogen and oxygen atoms in total. The predicted octanol–water partition coefficient (Wildman–Crippen LogP) is 0.0821. The van der Waals surface area contributed by atoms with E-state index >= 15 is 0 Å². The fourth-order valence-electron chi connectivity index (χ4n) is 2.63. The van der Waals surface area contributed by atoms with E-state index in [2.05, 4.69) is 9.88 Å². The maximum absolute atomic E-state index is 11.2. The maximum Gasteiger partial charge on any atom is 0.341 e. The summed E-state index contributed by atoms with van der Waals surface area (Å²) < 4.78 is 10.7. The SMILES string of the molecule is O=[N+]([O-])c1ccc(N2CCOCC2)[nH+]c1N1CCOCC1. The highest BCUT2D eigenvalue weighted by Gasteiger charge is 2.29. The molecule has 0 spiro atoms. The highest BCUT2D eigenvalue weighted by atomic mass is 16.6. The number of ether oxygens (including phenoxy) is 2. The topological polar surface area (TPSA) is 82.2 Å². The minimum Gasteiger partial charge on any atom is -0.375 e. The standard InChI is InChI=1S/C13H18N4O4/c18-17(19)11-1-2-12(15-3-7-20-8-4-15)14-13(11)16-5-9-21-10-6-16/h1-2H,3-10H2/p+1. The van der Waals surface area contributed by atoms with Crippen LogP contribution in [0.25, 0.3) is 0 Å². The van der Waals surface area contributed by atoms with Gasteiger partial charge < -0.3 is 9.47 Å². The molecule has 114 valence electrons. The lowest BCUT2D eigenvalue weighted by molar-refractivity contribution is -0.407. The van der Waals surface area contributed by atoms with Crippen molar-refractivity contribution in [3.8, 4) is 0 Å². The lowest BCUT2D eigenvalue weighted by atomic mass is 10.3. The number of aromatic amines is 1. The van der Waals surface area contributed by atoms with Gasteiger partial charge in [-0.2, -0.15) is 0 Å². The van der Waals surface area contributed by atoms with Gasteiger partial charge in [0.1, 0.15) is 0 Å². The molecule has 0 unspecified atom stereocenters. The second-order valence-corrected chi connectivity index (χ2v) is 5.03. The fourth-order valence-corrected chi connectivity index (χ4v) is 2.63. The maximum atomic E-state index is 11.2. The van der Waals surface area contributed by atoms with Crippen molar-refractivity contribution in [3.63, 3.8) is 0 Å². The van der Waals surface area contributed by atoms with Crippen molar-refractivity contribution < 1.29 is 19.4 Å². The van der Waals surface area contributed by atoms with Gasteiger partial charge in [-0.1, -0.05) is 0 Å². The van der Waals surface area contributed by atoms with Crippen molar-refractivity contribution in [2.45, 2.75) is 0 Å². The third-order valence-corrected chi connectivity index (χ3v) is 3.76. The molecular weight excluding hydrogens is 276 g/mol. The molecule has 0 saturated carbocycles. The molecule has 0 radical (unpaired) electrons. The van der Waals surface area contributed by atoms with Gasteiger partial charge in [0.2, 0.25) is 5.82 Å². The first-order valence-corrected chi connectivity index (χ1v) is 7.12. The third-order valence-electron chi connectivity index (χ3n) is 3.76. The zero-order valence-electron chi connectivity index (χ0n) is 11.8. The van der Waals surface area contributed by atoms with E-state index in [9.17, 15) is 10.1 Å². The molecule has 0 aliphatic carbocycles. The van der Waals surface area contributed by atoms with Crippen LogP contribution in [0.3, 0.4) is 0 Å². The van der Waals surface area contributed by atoms with E-state index in [0.29, 0.717) is 45.3 Å². The molecule has 0 amide bonds. The summed E-state index contributed by atoms with van der Waals surface area (Å²) in [4.78, 5) is 18.3. The van der Waals surface area contributed by atoms with Gasteiger partial charge in [-0.25, -0.2) is 4.98 Å². The molecule has 3 rings (SSSR count). The molecule has 3 heterocycles. The number of hydrogen-bond donors (Lipinski definition) is 0. The summed E-state index contributed by atoms with van der Waals surface area (Å²) in [7, 11) is 0. The molecule has 2 aliphatic rings. The molecule has 21 heavy (non-hydrogen) atoms. The number of pyridine rings is 1. The predicted molar refractivity (Wildman–Crippen MR) is 75.7 cm³/mol. The second-order valence-electron chi connectivity index (χ2n) is 5.03.